The summed E-state index contributed by atoms with van der Waals surface area (Å²) in [7, 11) is 0. The normalized spacial score (nSPS) is 22.8. The zero-order valence-corrected chi connectivity index (χ0v) is 15.5. The molecular weight excluding hydrogens is 330 g/mol. The predicted molar refractivity (Wildman–Crippen MR) is 99.9 cm³/mol. The van der Waals surface area contributed by atoms with E-state index in [2.05, 4.69) is 12.2 Å². The van der Waals surface area contributed by atoms with E-state index in [0.717, 1.165) is 31.5 Å². The molecule has 0 spiro atoms. The molecule has 1 N–H and O–H groups in total. The van der Waals surface area contributed by atoms with Crippen molar-refractivity contribution < 1.29 is 14.4 Å². The number of benzene rings is 1. The van der Waals surface area contributed by atoms with Gasteiger partial charge in [0.1, 0.15) is 0 Å². The Morgan fingerprint density at radius 3 is 2.50 bits per heavy atom. The summed E-state index contributed by atoms with van der Waals surface area (Å²) in [5.41, 5.74) is 1.42. The van der Waals surface area contributed by atoms with Crippen molar-refractivity contribution in [2.45, 2.75) is 45.6 Å². The maximum absolute atomic E-state index is 12.6. The molecule has 2 fully saturated rings. The number of likely N-dealkylation sites (tertiary alicyclic amines) is 1. The van der Waals surface area contributed by atoms with Crippen molar-refractivity contribution in [1.82, 2.24) is 10.2 Å². The van der Waals surface area contributed by atoms with Crippen LogP contribution in [0.5, 0.6) is 0 Å². The maximum atomic E-state index is 12.6. The van der Waals surface area contributed by atoms with Gasteiger partial charge in [-0.25, -0.2) is 0 Å². The second-order valence-corrected chi connectivity index (χ2v) is 7.25. The Morgan fingerprint density at radius 1 is 1.19 bits per heavy atom. The average Bonchev–Trinajstić information content (AvgIpc) is 3.22. The Kier molecular flexibility index (Phi) is 5.59. The van der Waals surface area contributed by atoms with Gasteiger partial charge < -0.3 is 15.1 Å². The summed E-state index contributed by atoms with van der Waals surface area (Å²) in [4.78, 5) is 39.7. The van der Waals surface area contributed by atoms with Crippen molar-refractivity contribution in [3.8, 4) is 0 Å². The Bertz CT molecular complexity index is 686. The molecule has 26 heavy (non-hydrogen) atoms. The predicted octanol–water partition coefficient (Wildman–Crippen LogP) is 2.19. The summed E-state index contributed by atoms with van der Waals surface area (Å²) in [6, 6.07) is 7.19. The van der Waals surface area contributed by atoms with Crippen LogP contribution in [0.2, 0.25) is 0 Å². The molecule has 2 atom stereocenters. The lowest BCUT2D eigenvalue weighted by molar-refractivity contribution is -0.128. The molecule has 6 heteroatoms. The van der Waals surface area contributed by atoms with Gasteiger partial charge in [0.15, 0.2) is 0 Å². The van der Waals surface area contributed by atoms with Crippen LogP contribution in [0.25, 0.3) is 0 Å². The summed E-state index contributed by atoms with van der Waals surface area (Å²) in [5.74, 6) is 0.373. The molecule has 0 radical (unpaired) electrons. The highest BCUT2D eigenvalue weighted by atomic mass is 16.2. The average molecular weight is 357 g/mol. The topological polar surface area (TPSA) is 69.7 Å². The molecule has 140 valence electrons. The summed E-state index contributed by atoms with van der Waals surface area (Å²) in [6.07, 6.45) is 3.50. The molecule has 0 saturated carbocycles. The van der Waals surface area contributed by atoms with Crippen LogP contribution in [-0.4, -0.2) is 48.3 Å². The molecule has 0 aliphatic carbocycles. The SMILES string of the molecule is CCC[C@H]1CN(C(C)=O)C[C@@H]1NC(=O)c1ccc(N2CCCC2=O)cc1. The van der Waals surface area contributed by atoms with Crippen LogP contribution >= 0.6 is 0 Å². The minimum atomic E-state index is -0.124. The number of nitrogens with zero attached hydrogens (tertiary/aromatic N) is 2. The zero-order valence-electron chi connectivity index (χ0n) is 15.5. The van der Waals surface area contributed by atoms with E-state index in [1.807, 2.05) is 17.0 Å². The van der Waals surface area contributed by atoms with Crippen molar-refractivity contribution in [3.63, 3.8) is 0 Å². The number of hydrogen-bond donors (Lipinski definition) is 1. The van der Waals surface area contributed by atoms with Gasteiger partial charge >= 0.3 is 0 Å². The lowest BCUT2D eigenvalue weighted by Crippen LogP contribution is -2.40. The molecule has 1 aromatic carbocycles. The first-order chi connectivity index (χ1) is 12.5. The Balaban J connectivity index is 1.65. The van der Waals surface area contributed by atoms with Crippen LogP contribution in [0.15, 0.2) is 24.3 Å². The number of hydrogen-bond acceptors (Lipinski definition) is 3. The first kappa shape index (κ1) is 18.4. The van der Waals surface area contributed by atoms with E-state index in [1.165, 1.54) is 0 Å². The van der Waals surface area contributed by atoms with Crippen LogP contribution in [0.3, 0.4) is 0 Å². The minimum Gasteiger partial charge on any atom is -0.347 e. The fourth-order valence-corrected chi connectivity index (χ4v) is 3.92. The van der Waals surface area contributed by atoms with Crippen molar-refractivity contribution in [2.24, 2.45) is 5.92 Å². The number of amides is 3. The molecule has 3 amide bonds. The number of anilines is 1. The largest absolute Gasteiger partial charge is 0.347 e. The monoisotopic (exact) mass is 357 g/mol. The van der Waals surface area contributed by atoms with Crippen LogP contribution in [0.1, 0.15) is 49.9 Å². The van der Waals surface area contributed by atoms with Crippen LogP contribution in [0, 0.1) is 5.92 Å². The molecule has 1 aromatic rings. The van der Waals surface area contributed by atoms with Crippen molar-refractivity contribution in [1.29, 1.82) is 0 Å². The van der Waals surface area contributed by atoms with Crippen LogP contribution < -0.4 is 10.2 Å². The third kappa shape index (κ3) is 3.89. The molecule has 0 bridgehead atoms. The van der Waals surface area contributed by atoms with Crippen LogP contribution in [0.4, 0.5) is 5.69 Å². The van der Waals surface area contributed by atoms with E-state index >= 15 is 0 Å². The number of rotatable bonds is 5. The van der Waals surface area contributed by atoms with Gasteiger partial charge in [0.25, 0.3) is 5.91 Å². The lowest BCUT2D eigenvalue weighted by atomic mass is 9.98. The smallest absolute Gasteiger partial charge is 0.251 e. The molecule has 6 nitrogen and oxygen atoms in total. The standard InChI is InChI=1S/C20H27N3O3/c1-3-5-16-12-22(14(2)24)13-18(16)21-20(26)15-7-9-17(10-8-15)23-11-4-6-19(23)25/h7-10,16,18H,3-6,11-13H2,1-2H3,(H,21,26)/t16-,18-/m0/s1. The highest BCUT2D eigenvalue weighted by Gasteiger charge is 2.34. The van der Waals surface area contributed by atoms with Gasteiger partial charge in [-0.1, -0.05) is 13.3 Å². The van der Waals surface area contributed by atoms with Gasteiger partial charge in [-0.2, -0.15) is 0 Å². The third-order valence-corrected chi connectivity index (χ3v) is 5.38. The lowest BCUT2D eigenvalue weighted by Gasteiger charge is -2.20. The first-order valence-corrected chi connectivity index (χ1v) is 9.46. The quantitative estimate of drug-likeness (QED) is 0.878. The van der Waals surface area contributed by atoms with Crippen molar-refractivity contribution in [3.05, 3.63) is 29.8 Å². The Morgan fingerprint density at radius 2 is 1.92 bits per heavy atom. The second-order valence-electron chi connectivity index (χ2n) is 7.25. The molecule has 0 aromatic heterocycles. The Hall–Kier alpha value is -2.37. The van der Waals surface area contributed by atoms with Crippen LogP contribution in [-0.2, 0) is 9.59 Å². The van der Waals surface area contributed by atoms with Gasteiger partial charge in [0.2, 0.25) is 11.8 Å². The van der Waals surface area contributed by atoms with E-state index in [1.54, 1.807) is 24.0 Å². The summed E-state index contributed by atoms with van der Waals surface area (Å²) in [5, 5.41) is 3.10. The Labute approximate surface area is 154 Å². The molecular formula is C20H27N3O3. The van der Waals surface area contributed by atoms with Crippen molar-refractivity contribution in [2.75, 3.05) is 24.5 Å². The van der Waals surface area contributed by atoms with Gasteiger partial charge in [0.05, 0.1) is 6.04 Å². The number of carbonyl (C=O) groups is 3. The first-order valence-electron chi connectivity index (χ1n) is 9.46. The van der Waals surface area contributed by atoms with Gasteiger partial charge in [-0.05, 0) is 43.0 Å². The third-order valence-electron chi connectivity index (χ3n) is 5.38. The highest BCUT2D eigenvalue weighted by Crippen LogP contribution is 2.24. The number of nitrogens with one attached hydrogen (secondary N) is 1. The van der Waals surface area contributed by atoms with Crippen molar-refractivity contribution >= 4 is 23.4 Å². The van der Waals surface area contributed by atoms with E-state index in [9.17, 15) is 14.4 Å². The second kappa shape index (κ2) is 7.89. The van der Waals surface area contributed by atoms with E-state index in [0.29, 0.717) is 31.0 Å². The zero-order chi connectivity index (χ0) is 18.7. The summed E-state index contributed by atoms with van der Waals surface area (Å²) in [6.45, 7) is 5.72. The molecule has 2 saturated heterocycles. The molecule has 3 rings (SSSR count). The van der Waals surface area contributed by atoms with E-state index < -0.39 is 0 Å². The molecule has 2 aliphatic heterocycles. The van der Waals surface area contributed by atoms with Gasteiger partial charge in [0, 0.05) is 44.2 Å². The van der Waals surface area contributed by atoms with Gasteiger partial charge in [-0.3, -0.25) is 14.4 Å². The number of carbonyl (C=O) groups excluding carboxylic acids is 3. The molecule has 2 heterocycles. The molecule has 0 unspecified atom stereocenters. The maximum Gasteiger partial charge on any atom is 0.251 e. The minimum absolute atomic E-state index is 0.00816. The fraction of sp³-hybridized carbons (Fsp3) is 0.550. The summed E-state index contributed by atoms with van der Waals surface area (Å²) < 4.78 is 0. The molecule has 2 aliphatic rings. The summed E-state index contributed by atoms with van der Waals surface area (Å²) >= 11 is 0. The van der Waals surface area contributed by atoms with Gasteiger partial charge in [-0.15, -0.1) is 0 Å². The fourth-order valence-electron chi connectivity index (χ4n) is 3.92. The van der Waals surface area contributed by atoms with E-state index in [-0.39, 0.29) is 23.8 Å². The van der Waals surface area contributed by atoms with E-state index in [4.69, 9.17) is 0 Å². The highest BCUT2D eigenvalue weighted by molar-refractivity contribution is 5.97.